The van der Waals surface area contributed by atoms with Crippen molar-refractivity contribution in [2.75, 3.05) is 6.61 Å². The number of hydrogen-bond acceptors (Lipinski definition) is 6. The molecule has 0 fully saturated rings. The summed E-state index contributed by atoms with van der Waals surface area (Å²) in [4.78, 5) is 35.3. The second-order valence-corrected chi connectivity index (χ2v) is 6.60. The fourth-order valence-electron chi connectivity index (χ4n) is 2.72. The van der Waals surface area contributed by atoms with E-state index in [0.29, 0.717) is 41.1 Å². The summed E-state index contributed by atoms with van der Waals surface area (Å²) in [5.74, 6) is -0.818. The average molecular weight is 392 g/mol. The number of nitrogens with one attached hydrogen (secondary N) is 1. The summed E-state index contributed by atoms with van der Waals surface area (Å²) in [6, 6.07) is 4.91. The van der Waals surface area contributed by atoms with Gasteiger partial charge in [-0.2, -0.15) is 5.26 Å². The maximum Gasteiger partial charge on any atom is 0.259 e. The van der Waals surface area contributed by atoms with Crippen LogP contribution in [0, 0.1) is 11.3 Å². The number of nitrogens with zero attached hydrogens (tertiary/aromatic N) is 4. The highest BCUT2D eigenvalue weighted by atomic mass is 16.5. The van der Waals surface area contributed by atoms with Crippen LogP contribution in [0.15, 0.2) is 41.1 Å². The van der Waals surface area contributed by atoms with Crippen LogP contribution < -0.4 is 11.3 Å². The molecule has 0 bridgehead atoms. The number of aromatic amines is 1. The average Bonchev–Trinajstić information content (AvgIpc) is 3.09. The van der Waals surface area contributed by atoms with Gasteiger partial charge in [-0.3, -0.25) is 9.59 Å². The molecule has 3 rings (SSSR count). The van der Waals surface area contributed by atoms with Gasteiger partial charge in [0.1, 0.15) is 17.2 Å². The highest BCUT2D eigenvalue weighted by molar-refractivity contribution is 6.02. The Bertz CT molecular complexity index is 1180. The SMILES string of the molecule is CC(C)OCCn1cc(-c2cnc3[nH]cc(C=C(C#N)C(N)=O)c3n2)ccc1=O. The number of H-pyrrole nitrogens is 1. The molecular formula is C20H20N6O3. The van der Waals surface area contributed by atoms with Gasteiger partial charge >= 0.3 is 0 Å². The van der Waals surface area contributed by atoms with Gasteiger partial charge in [0.15, 0.2) is 5.65 Å². The second-order valence-electron chi connectivity index (χ2n) is 6.60. The molecular weight excluding hydrogens is 372 g/mol. The van der Waals surface area contributed by atoms with E-state index < -0.39 is 5.91 Å². The molecule has 3 aromatic rings. The van der Waals surface area contributed by atoms with Crippen LogP contribution in [0.25, 0.3) is 28.5 Å². The van der Waals surface area contributed by atoms with Crippen molar-refractivity contribution in [1.82, 2.24) is 19.5 Å². The van der Waals surface area contributed by atoms with Crippen molar-refractivity contribution in [1.29, 1.82) is 5.26 Å². The fraction of sp³-hybridized carbons (Fsp3) is 0.250. The van der Waals surface area contributed by atoms with Crippen LogP contribution in [0.1, 0.15) is 19.4 Å². The molecule has 1 amide bonds. The number of nitrogens with two attached hydrogens (primary N) is 1. The highest BCUT2D eigenvalue weighted by Gasteiger charge is 2.11. The smallest absolute Gasteiger partial charge is 0.259 e. The Labute approximate surface area is 166 Å². The standard InChI is InChI=1S/C20H20N6O3/c1-12(2)29-6-5-26-11-13(3-4-17(26)27)16-10-24-20-18(25-16)15(9-23-20)7-14(8-21)19(22)28/h3-4,7,9-12H,5-6H2,1-2H3,(H2,22,28)(H,23,24). The normalized spacial score (nSPS) is 11.7. The van der Waals surface area contributed by atoms with E-state index in [2.05, 4.69) is 15.0 Å². The number of fused-ring (bicyclic) bond motifs is 1. The van der Waals surface area contributed by atoms with Gasteiger partial charge < -0.3 is 20.0 Å². The molecule has 29 heavy (non-hydrogen) atoms. The molecule has 148 valence electrons. The molecule has 0 atom stereocenters. The van der Waals surface area contributed by atoms with Gasteiger partial charge in [-0.1, -0.05) is 0 Å². The number of carbonyl (C=O) groups is 1. The molecule has 0 spiro atoms. The Balaban J connectivity index is 1.98. The van der Waals surface area contributed by atoms with E-state index in [1.165, 1.54) is 12.1 Å². The van der Waals surface area contributed by atoms with E-state index in [1.54, 1.807) is 35.3 Å². The Morgan fingerprint density at radius 3 is 2.93 bits per heavy atom. The summed E-state index contributed by atoms with van der Waals surface area (Å²) < 4.78 is 7.07. The minimum Gasteiger partial charge on any atom is -0.377 e. The quantitative estimate of drug-likeness (QED) is 0.462. The summed E-state index contributed by atoms with van der Waals surface area (Å²) in [5, 5.41) is 9.05. The van der Waals surface area contributed by atoms with E-state index in [0.717, 1.165) is 0 Å². The number of primary amides is 1. The van der Waals surface area contributed by atoms with E-state index in [-0.39, 0.29) is 17.2 Å². The molecule has 3 heterocycles. The molecule has 0 aliphatic carbocycles. The molecule has 0 saturated heterocycles. The molecule has 3 N–H and O–H groups in total. The predicted molar refractivity (Wildman–Crippen MR) is 107 cm³/mol. The minimum absolute atomic E-state index is 0.0842. The number of aromatic nitrogens is 4. The summed E-state index contributed by atoms with van der Waals surface area (Å²) in [7, 11) is 0. The molecule has 0 unspecified atom stereocenters. The first-order chi connectivity index (χ1) is 13.9. The van der Waals surface area contributed by atoms with Crippen molar-refractivity contribution < 1.29 is 9.53 Å². The van der Waals surface area contributed by atoms with Gasteiger partial charge in [0.2, 0.25) is 0 Å². The van der Waals surface area contributed by atoms with Gasteiger partial charge in [-0.25, -0.2) is 9.97 Å². The summed E-state index contributed by atoms with van der Waals surface area (Å²) in [6.07, 6.45) is 6.33. The van der Waals surface area contributed by atoms with Crippen molar-refractivity contribution in [3.05, 3.63) is 52.2 Å². The summed E-state index contributed by atoms with van der Waals surface area (Å²) in [5.41, 5.74) is 7.63. The van der Waals surface area contributed by atoms with Gasteiger partial charge in [0.25, 0.3) is 11.5 Å². The molecule has 9 heteroatoms. The fourth-order valence-corrected chi connectivity index (χ4v) is 2.72. The molecule has 0 aliphatic rings. The first-order valence-corrected chi connectivity index (χ1v) is 8.97. The van der Waals surface area contributed by atoms with Crippen LogP contribution in [0.2, 0.25) is 0 Å². The maximum atomic E-state index is 12.1. The van der Waals surface area contributed by atoms with E-state index in [4.69, 9.17) is 15.7 Å². The zero-order valence-corrected chi connectivity index (χ0v) is 16.0. The van der Waals surface area contributed by atoms with Gasteiger partial charge in [0, 0.05) is 36.1 Å². The second kappa shape index (κ2) is 8.50. The zero-order valence-electron chi connectivity index (χ0n) is 16.0. The van der Waals surface area contributed by atoms with Crippen molar-refractivity contribution >= 4 is 23.1 Å². The van der Waals surface area contributed by atoms with Crippen LogP contribution in [0.4, 0.5) is 0 Å². The first kappa shape index (κ1) is 20.0. The number of carbonyl (C=O) groups excluding carboxylic acids is 1. The lowest BCUT2D eigenvalue weighted by Gasteiger charge is -2.10. The van der Waals surface area contributed by atoms with Crippen LogP contribution in [0.3, 0.4) is 0 Å². The third kappa shape index (κ3) is 4.56. The molecule has 0 aliphatic heterocycles. The van der Waals surface area contributed by atoms with Crippen LogP contribution in [-0.2, 0) is 16.1 Å². The Morgan fingerprint density at radius 1 is 1.45 bits per heavy atom. The largest absolute Gasteiger partial charge is 0.377 e. The Kier molecular flexibility index (Phi) is 5.85. The highest BCUT2D eigenvalue weighted by Crippen LogP contribution is 2.22. The van der Waals surface area contributed by atoms with Gasteiger partial charge in [-0.15, -0.1) is 0 Å². The molecule has 0 aromatic carbocycles. The number of amides is 1. The number of pyridine rings is 1. The van der Waals surface area contributed by atoms with Crippen molar-refractivity contribution in [3.8, 4) is 17.3 Å². The number of nitriles is 1. The molecule has 0 radical (unpaired) electrons. The van der Waals surface area contributed by atoms with Crippen LogP contribution in [-0.4, -0.2) is 38.1 Å². The topological polar surface area (TPSA) is 140 Å². The zero-order chi connectivity index (χ0) is 21.0. The van der Waals surface area contributed by atoms with E-state index in [9.17, 15) is 9.59 Å². The molecule has 3 aromatic heterocycles. The van der Waals surface area contributed by atoms with E-state index >= 15 is 0 Å². The predicted octanol–water partition coefficient (Wildman–Crippen LogP) is 1.60. The first-order valence-electron chi connectivity index (χ1n) is 8.97. The summed E-state index contributed by atoms with van der Waals surface area (Å²) >= 11 is 0. The van der Waals surface area contributed by atoms with Gasteiger partial charge in [0.05, 0.1) is 24.6 Å². The Morgan fingerprint density at radius 2 is 2.24 bits per heavy atom. The lowest BCUT2D eigenvalue weighted by molar-refractivity contribution is -0.114. The maximum absolute atomic E-state index is 12.1. The monoisotopic (exact) mass is 392 g/mol. The number of hydrogen-bond donors (Lipinski definition) is 2. The van der Waals surface area contributed by atoms with Crippen LogP contribution >= 0.6 is 0 Å². The van der Waals surface area contributed by atoms with Crippen molar-refractivity contribution in [3.63, 3.8) is 0 Å². The van der Waals surface area contributed by atoms with Crippen LogP contribution in [0.5, 0.6) is 0 Å². The molecule has 0 saturated carbocycles. The van der Waals surface area contributed by atoms with Crippen molar-refractivity contribution in [2.24, 2.45) is 5.73 Å². The lowest BCUT2D eigenvalue weighted by atomic mass is 10.1. The number of ether oxygens (including phenoxy) is 1. The summed E-state index contributed by atoms with van der Waals surface area (Å²) in [6.45, 7) is 4.71. The van der Waals surface area contributed by atoms with Gasteiger partial charge in [-0.05, 0) is 26.0 Å². The lowest BCUT2D eigenvalue weighted by Crippen LogP contribution is -2.22. The third-order valence-electron chi connectivity index (χ3n) is 4.16. The Hall–Kier alpha value is -3.77. The third-order valence-corrected chi connectivity index (χ3v) is 4.16. The molecule has 9 nitrogen and oxygen atoms in total. The van der Waals surface area contributed by atoms with Crippen molar-refractivity contribution in [2.45, 2.75) is 26.5 Å². The number of rotatable bonds is 7. The minimum atomic E-state index is -0.818. The van der Waals surface area contributed by atoms with E-state index in [1.807, 2.05) is 13.8 Å².